The van der Waals surface area contributed by atoms with Crippen molar-refractivity contribution in [2.24, 2.45) is 7.05 Å². The van der Waals surface area contributed by atoms with Crippen LogP contribution in [-0.4, -0.2) is 25.3 Å². The summed E-state index contributed by atoms with van der Waals surface area (Å²) in [5.74, 6) is -1.10. The summed E-state index contributed by atoms with van der Waals surface area (Å²) in [5, 5.41) is 12.5. The van der Waals surface area contributed by atoms with Crippen molar-refractivity contribution in [1.29, 1.82) is 0 Å². The fourth-order valence-corrected chi connectivity index (χ4v) is 1.31. The van der Waals surface area contributed by atoms with Gasteiger partial charge in [-0.1, -0.05) is 0 Å². The van der Waals surface area contributed by atoms with E-state index in [1.807, 2.05) is 0 Å². The third-order valence-corrected chi connectivity index (χ3v) is 1.96. The molecule has 0 amide bonds. The van der Waals surface area contributed by atoms with Gasteiger partial charge in [-0.2, -0.15) is 9.61 Å². The van der Waals surface area contributed by atoms with Gasteiger partial charge in [0.05, 0.1) is 6.20 Å². The molecule has 0 saturated carbocycles. The van der Waals surface area contributed by atoms with Crippen molar-refractivity contribution < 1.29 is 9.90 Å². The van der Waals surface area contributed by atoms with Crippen LogP contribution in [-0.2, 0) is 7.05 Å². The first kappa shape index (κ1) is 8.49. The molecule has 0 aliphatic carbocycles. The highest BCUT2D eigenvalue weighted by Crippen LogP contribution is 2.06. The van der Waals surface area contributed by atoms with Gasteiger partial charge in [0, 0.05) is 19.3 Å². The molecule has 2 aromatic rings. The summed E-state index contributed by atoms with van der Waals surface area (Å²) >= 11 is 0. The summed E-state index contributed by atoms with van der Waals surface area (Å²) in [6, 6.07) is 1.33. The molecule has 0 aromatic carbocycles. The molecule has 0 saturated heterocycles. The molecule has 2 aromatic heterocycles. The summed E-state index contributed by atoms with van der Waals surface area (Å²) in [7, 11) is 1.66. The summed E-state index contributed by atoms with van der Waals surface area (Å²) in [4.78, 5) is 22.0. The van der Waals surface area contributed by atoms with E-state index in [9.17, 15) is 9.59 Å². The SMILES string of the molecule is Cn1ccc(=O)n2ncc(C(=O)O)c12. The van der Waals surface area contributed by atoms with Crippen molar-refractivity contribution in [3.63, 3.8) is 0 Å². The van der Waals surface area contributed by atoms with Crippen LogP contribution in [0.5, 0.6) is 0 Å². The van der Waals surface area contributed by atoms with E-state index < -0.39 is 5.97 Å². The Hall–Kier alpha value is -2.11. The number of hydrogen-bond donors (Lipinski definition) is 1. The van der Waals surface area contributed by atoms with Gasteiger partial charge >= 0.3 is 5.97 Å². The Balaban J connectivity index is 2.98. The van der Waals surface area contributed by atoms with Crippen LogP contribution in [0, 0.1) is 0 Å². The number of carboxylic acid groups (broad SMARTS) is 1. The van der Waals surface area contributed by atoms with Crippen LogP contribution in [0.25, 0.3) is 5.65 Å². The van der Waals surface area contributed by atoms with Crippen LogP contribution >= 0.6 is 0 Å². The van der Waals surface area contributed by atoms with E-state index >= 15 is 0 Å². The van der Waals surface area contributed by atoms with Gasteiger partial charge in [-0.25, -0.2) is 4.79 Å². The number of carboxylic acids is 1. The Morgan fingerprint density at radius 1 is 1.57 bits per heavy atom. The number of fused-ring (bicyclic) bond motifs is 1. The van der Waals surface area contributed by atoms with Crippen molar-refractivity contribution in [3.05, 3.63) is 34.4 Å². The van der Waals surface area contributed by atoms with E-state index in [0.717, 1.165) is 4.52 Å². The molecule has 1 N–H and O–H groups in total. The zero-order chi connectivity index (χ0) is 10.3. The second-order valence-corrected chi connectivity index (χ2v) is 2.86. The first-order valence-electron chi connectivity index (χ1n) is 3.88. The summed E-state index contributed by atoms with van der Waals surface area (Å²) in [6.07, 6.45) is 2.67. The Bertz CT molecular complexity index is 567. The average Bonchev–Trinajstić information content (AvgIpc) is 2.56. The maximum Gasteiger partial charge on any atom is 0.341 e. The highest BCUT2D eigenvalue weighted by atomic mass is 16.4. The minimum atomic E-state index is -1.10. The van der Waals surface area contributed by atoms with E-state index in [2.05, 4.69) is 5.10 Å². The molecule has 0 spiro atoms. The Morgan fingerprint density at radius 2 is 2.29 bits per heavy atom. The Labute approximate surface area is 78.0 Å². The highest BCUT2D eigenvalue weighted by Gasteiger charge is 2.13. The number of rotatable bonds is 1. The minimum Gasteiger partial charge on any atom is -0.477 e. The standard InChI is InChI=1S/C8H7N3O3/c1-10-3-2-6(12)11-7(10)5(4-9-11)8(13)14/h2-4H,1H3,(H,13,14). The topological polar surface area (TPSA) is 76.6 Å². The van der Waals surface area contributed by atoms with Crippen LogP contribution < -0.4 is 5.56 Å². The highest BCUT2D eigenvalue weighted by molar-refractivity contribution is 5.94. The zero-order valence-electron chi connectivity index (χ0n) is 7.34. The summed E-state index contributed by atoms with van der Waals surface area (Å²) < 4.78 is 2.60. The number of carbonyl (C=O) groups is 1. The van der Waals surface area contributed by atoms with Crippen molar-refractivity contribution in [2.45, 2.75) is 0 Å². The Kier molecular flexibility index (Phi) is 1.63. The molecule has 0 bridgehead atoms. The largest absolute Gasteiger partial charge is 0.477 e. The van der Waals surface area contributed by atoms with E-state index in [1.54, 1.807) is 7.05 Å². The maximum absolute atomic E-state index is 11.3. The molecule has 0 aliphatic rings. The minimum absolute atomic E-state index is 0.0187. The van der Waals surface area contributed by atoms with E-state index in [-0.39, 0.29) is 16.8 Å². The van der Waals surface area contributed by atoms with Crippen LogP contribution in [0.15, 0.2) is 23.3 Å². The monoisotopic (exact) mass is 193 g/mol. The molecule has 72 valence electrons. The van der Waals surface area contributed by atoms with Gasteiger partial charge in [-0.15, -0.1) is 0 Å². The predicted octanol–water partition coefficient (Wildman–Crippen LogP) is -0.269. The van der Waals surface area contributed by atoms with Crippen LogP contribution in [0.2, 0.25) is 0 Å². The van der Waals surface area contributed by atoms with Gasteiger partial charge in [0.15, 0.2) is 5.65 Å². The van der Waals surface area contributed by atoms with Crippen LogP contribution in [0.4, 0.5) is 0 Å². The van der Waals surface area contributed by atoms with Gasteiger partial charge in [0.1, 0.15) is 5.56 Å². The molecule has 0 fully saturated rings. The fraction of sp³-hybridized carbons (Fsp3) is 0.125. The van der Waals surface area contributed by atoms with Crippen LogP contribution in [0.3, 0.4) is 0 Å². The molecule has 2 heterocycles. The number of aromatic nitrogens is 3. The predicted molar refractivity (Wildman–Crippen MR) is 47.4 cm³/mol. The van der Waals surface area contributed by atoms with Crippen LogP contribution in [0.1, 0.15) is 10.4 Å². The molecule has 6 nitrogen and oxygen atoms in total. The van der Waals surface area contributed by atoms with Gasteiger partial charge in [-0.3, -0.25) is 4.79 Å². The average molecular weight is 193 g/mol. The molecule has 0 aliphatic heterocycles. The molecular formula is C8H7N3O3. The van der Waals surface area contributed by atoms with E-state index in [4.69, 9.17) is 5.11 Å². The summed E-state index contributed by atoms with van der Waals surface area (Å²) in [5.41, 5.74) is -0.0409. The first-order chi connectivity index (χ1) is 6.61. The second kappa shape index (κ2) is 2.69. The lowest BCUT2D eigenvalue weighted by molar-refractivity contribution is 0.0698. The quantitative estimate of drug-likeness (QED) is 0.676. The molecule has 14 heavy (non-hydrogen) atoms. The normalized spacial score (nSPS) is 10.6. The smallest absolute Gasteiger partial charge is 0.341 e. The van der Waals surface area contributed by atoms with Gasteiger partial charge < -0.3 is 9.67 Å². The van der Waals surface area contributed by atoms with Gasteiger partial charge in [-0.05, 0) is 0 Å². The zero-order valence-corrected chi connectivity index (χ0v) is 7.34. The molecular weight excluding hydrogens is 186 g/mol. The Morgan fingerprint density at radius 3 is 2.93 bits per heavy atom. The maximum atomic E-state index is 11.3. The second-order valence-electron chi connectivity index (χ2n) is 2.86. The van der Waals surface area contributed by atoms with Crippen molar-refractivity contribution >= 4 is 11.6 Å². The molecule has 0 radical (unpaired) electrons. The number of aryl methyl sites for hydroxylation is 1. The van der Waals surface area contributed by atoms with Crippen molar-refractivity contribution in [3.8, 4) is 0 Å². The van der Waals surface area contributed by atoms with Gasteiger partial charge in [0.2, 0.25) is 0 Å². The molecule has 0 atom stereocenters. The lowest BCUT2D eigenvalue weighted by atomic mass is 10.3. The number of nitrogens with zero attached hydrogens (tertiary/aromatic N) is 3. The van der Waals surface area contributed by atoms with E-state index in [0.29, 0.717) is 0 Å². The van der Waals surface area contributed by atoms with Crippen molar-refractivity contribution in [1.82, 2.24) is 14.2 Å². The molecule has 2 rings (SSSR count). The van der Waals surface area contributed by atoms with Gasteiger partial charge in [0.25, 0.3) is 5.56 Å². The number of hydrogen-bond acceptors (Lipinski definition) is 3. The molecule has 6 heteroatoms. The first-order valence-corrected chi connectivity index (χ1v) is 3.88. The lowest BCUT2D eigenvalue weighted by Crippen LogP contribution is -2.16. The fourth-order valence-electron chi connectivity index (χ4n) is 1.31. The van der Waals surface area contributed by atoms with Crippen molar-refractivity contribution in [2.75, 3.05) is 0 Å². The third-order valence-electron chi connectivity index (χ3n) is 1.96. The lowest BCUT2D eigenvalue weighted by Gasteiger charge is -2.00. The summed E-state index contributed by atoms with van der Waals surface area (Å²) in [6.45, 7) is 0. The van der Waals surface area contributed by atoms with E-state index in [1.165, 1.54) is 23.0 Å². The third kappa shape index (κ3) is 1.00. The molecule has 0 unspecified atom stereocenters. The number of aromatic carboxylic acids is 1.